The molecule has 0 aliphatic carbocycles. The van der Waals surface area contributed by atoms with Gasteiger partial charge in [0.15, 0.2) is 0 Å². The van der Waals surface area contributed by atoms with E-state index in [0.717, 1.165) is 49.4 Å². The van der Waals surface area contributed by atoms with Crippen LogP contribution in [0, 0.1) is 6.92 Å². The van der Waals surface area contributed by atoms with E-state index in [9.17, 15) is 0 Å². The third kappa shape index (κ3) is 2.84. The topological polar surface area (TPSA) is 45.2 Å². The summed E-state index contributed by atoms with van der Waals surface area (Å²) in [7, 11) is 0. The maximum Gasteiger partial charge on any atom is 0.205 e. The standard InChI is InChI=1S/C13H17N5S/c1-11-15-13(19-16-11)18-8-4-7-17(9-10-18)12-5-2-3-6-14-12/h2-3,5-6H,4,7-10H2,1H3. The van der Waals surface area contributed by atoms with Crippen molar-refractivity contribution >= 4 is 22.5 Å². The highest BCUT2D eigenvalue weighted by Crippen LogP contribution is 2.20. The highest BCUT2D eigenvalue weighted by atomic mass is 32.1. The van der Waals surface area contributed by atoms with Crippen LogP contribution in [0.4, 0.5) is 10.9 Å². The van der Waals surface area contributed by atoms with Crippen LogP contribution < -0.4 is 9.80 Å². The molecule has 3 heterocycles. The zero-order valence-electron chi connectivity index (χ0n) is 11.0. The Hall–Kier alpha value is -1.69. The van der Waals surface area contributed by atoms with Gasteiger partial charge in [0.25, 0.3) is 0 Å². The van der Waals surface area contributed by atoms with Crippen molar-refractivity contribution in [2.75, 3.05) is 36.0 Å². The highest BCUT2D eigenvalue weighted by molar-refractivity contribution is 7.09. The van der Waals surface area contributed by atoms with Crippen molar-refractivity contribution in [2.24, 2.45) is 0 Å². The second-order valence-electron chi connectivity index (χ2n) is 4.64. The number of aryl methyl sites for hydroxylation is 1. The van der Waals surface area contributed by atoms with Crippen molar-refractivity contribution in [3.8, 4) is 0 Å². The Bertz CT molecular complexity index is 527. The molecule has 0 N–H and O–H groups in total. The van der Waals surface area contributed by atoms with Gasteiger partial charge in [0.2, 0.25) is 5.13 Å². The molecule has 19 heavy (non-hydrogen) atoms. The van der Waals surface area contributed by atoms with E-state index in [4.69, 9.17) is 0 Å². The van der Waals surface area contributed by atoms with Crippen molar-refractivity contribution in [1.29, 1.82) is 0 Å². The van der Waals surface area contributed by atoms with Crippen molar-refractivity contribution in [2.45, 2.75) is 13.3 Å². The third-order valence-corrected chi connectivity index (χ3v) is 4.12. The minimum absolute atomic E-state index is 0.867. The quantitative estimate of drug-likeness (QED) is 0.838. The molecule has 1 aliphatic rings. The van der Waals surface area contributed by atoms with Gasteiger partial charge in [0.1, 0.15) is 11.6 Å². The molecule has 2 aromatic heterocycles. The van der Waals surface area contributed by atoms with Crippen LogP contribution in [-0.4, -0.2) is 40.5 Å². The molecule has 100 valence electrons. The second kappa shape index (κ2) is 5.52. The number of anilines is 2. The lowest BCUT2D eigenvalue weighted by Gasteiger charge is -2.22. The largest absolute Gasteiger partial charge is 0.355 e. The summed E-state index contributed by atoms with van der Waals surface area (Å²) >= 11 is 1.49. The van der Waals surface area contributed by atoms with Crippen molar-refractivity contribution in [3.63, 3.8) is 0 Å². The van der Waals surface area contributed by atoms with Gasteiger partial charge in [-0.2, -0.15) is 4.37 Å². The van der Waals surface area contributed by atoms with Crippen molar-refractivity contribution in [3.05, 3.63) is 30.2 Å². The molecule has 0 aromatic carbocycles. The molecule has 0 spiro atoms. The first kappa shape index (κ1) is 12.3. The van der Waals surface area contributed by atoms with Gasteiger partial charge >= 0.3 is 0 Å². The van der Waals surface area contributed by atoms with Gasteiger partial charge in [0, 0.05) is 43.9 Å². The summed E-state index contributed by atoms with van der Waals surface area (Å²) in [6, 6.07) is 6.07. The van der Waals surface area contributed by atoms with Gasteiger partial charge in [-0.15, -0.1) is 0 Å². The fourth-order valence-corrected chi connectivity index (χ4v) is 3.02. The van der Waals surface area contributed by atoms with Crippen LogP contribution in [0.3, 0.4) is 0 Å². The van der Waals surface area contributed by atoms with E-state index in [2.05, 4.69) is 30.2 Å². The Morgan fingerprint density at radius 3 is 2.68 bits per heavy atom. The van der Waals surface area contributed by atoms with Crippen molar-refractivity contribution < 1.29 is 0 Å². The lowest BCUT2D eigenvalue weighted by Crippen LogP contribution is -2.31. The minimum atomic E-state index is 0.867. The zero-order valence-corrected chi connectivity index (χ0v) is 11.8. The summed E-state index contributed by atoms with van der Waals surface area (Å²) in [4.78, 5) is 13.6. The maximum absolute atomic E-state index is 4.47. The van der Waals surface area contributed by atoms with Gasteiger partial charge in [-0.1, -0.05) is 6.07 Å². The summed E-state index contributed by atoms with van der Waals surface area (Å²) in [5.74, 6) is 1.93. The Kier molecular flexibility index (Phi) is 3.59. The molecule has 5 nitrogen and oxygen atoms in total. The molecular formula is C13H17N5S. The molecule has 0 amide bonds. The molecule has 0 atom stereocenters. The summed E-state index contributed by atoms with van der Waals surface area (Å²) < 4.78 is 4.26. The van der Waals surface area contributed by atoms with Crippen LogP contribution in [0.15, 0.2) is 24.4 Å². The second-order valence-corrected chi connectivity index (χ2v) is 5.37. The first-order chi connectivity index (χ1) is 9.33. The Balaban J connectivity index is 1.69. The smallest absolute Gasteiger partial charge is 0.205 e. The number of aromatic nitrogens is 3. The van der Waals surface area contributed by atoms with Crippen LogP contribution in [0.25, 0.3) is 0 Å². The average molecular weight is 275 g/mol. The summed E-state index contributed by atoms with van der Waals surface area (Å²) in [5, 5.41) is 1.04. The van der Waals surface area contributed by atoms with Gasteiger partial charge < -0.3 is 9.80 Å². The molecule has 0 bridgehead atoms. The molecule has 1 saturated heterocycles. The maximum atomic E-state index is 4.47. The van der Waals surface area contributed by atoms with Gasteiger partial charge in [0.05, 0.1) is 0 Å². The summed E-state index contributed by atoms with van der Waals surface area (Å²) in [6.45, 7) is 5.99. The van der Waals surface area contributed by atoms with E-state index < -0.39 is 0 Å². The van der Waals surface area contributed by atoms with Crippen molar-refractivity contribution in [1.82, 2.24) is 14.3 Å². The average Bonchev–Trinajstić information content (AvgIpc) is 2.74. The molecule has 1 aliphatic heterocycles. The minimum Gasteiger partial charge on any atom is -0.355 e. The normalized spacial score (nSPS) is 16.5. The summed E-state index contributed by atoms with van der Waals surface area (Å²) in [5.41, 5.74) is 0. The van der Waals surface area contributed by atoms with Crippen LogP contribution in [0.5, 0.6) is 0 Å². The van der Waals surface area contributed by atoms with Gasteiger partial charge in [-0.3, -0.25) is 0 Å². The van der Waals surface area contributed by atoms with Crippen LogP contribution >= 0.6 is 11.5 Å². The van der Waals surface area contributed by atoms with Gasteiger partial charge in [-0.05, 0) is 25.5 Å². The predicted molar refractivity (Wildman–Crippen MR) is 77.9 cm³/mol. The molecule has 0 saturated carbocycles. The van der Waals surface area contributed by atoms with E-state index >= 15 is 0 Å². The third-order valence-electron chi connectivity index (χ3n) is 3.26. The van der Waals surface area contributed by atoms with Crippen LogP contribution in [0.2, 0.25) is 0 Å². The molecule has 0 unspecified atom stereocenters. The first-order valence-electron chi connectivity index (χ1n) is 6.54. The number of nitrogens with zero attached hydrogens (tertiary/aromatic N) is 5. The Labute approximate surface area is 117 Å². The van der Waals surface area contributed by atoms with Crippen LogP contribution in [0.1, 0.15) is 12.2 Å². The molecule has 0 radical (unpaired) electrons. The van der Waals surface area contributed by atoms with E-state index in [1.165, 1.54) is 11.5 Å². The SMILES string of the molecule is Cc1nsc(N2CCCN(c3ccccn3)CC2)n1. The van der Waals surface area contributed by atoms with E-state index in [-0.39, 0.29) is 0 Å². The van der Waals surface area contributed by atoms with E-state index in [1.807, 2.05) is 25.3 Å². The van der Waals surface area contributed by atoms with Gasteiger partial charge in [-0.25, -0.2) is 9.97 Å². The fourth-order valence-electron chi connectivity index (χ4n) is 2.29. The molecule has 3 rings (SSSR count). The van der Waals surface area contributed by atoms with E-state index in [0.29, 0.717) is 0 Å². The predicted octanol–water partition coefficient (Wildman–Crippen LogP) is 1.96. The lowest BCUT2D eigenvalue weighted by atomic mass is 10.3. The first-order valence-corrected chi connectivity index (χ1v) is 7.31. The molecular weight excluding hydrogens is 258 g/mol. The number of hydrogen-bond acceptors (Lipinski definition) is 6. The molecule has 1 fully saturated rings. The number of hydrogen-bond donors (Lipinski definition) is 0. The monoisotopic (exact) mass is 275 g/mol. The number of pyridine rings is 1. The fraction of sp³-hybridized carbons (Fsp3) is 0.462. The molecule has 6 heteroatoms. The zero-order chi connectivity index (χ0) is 13.1. The lowest BCUT2D eigenvalue weighted by molar-refractivity contribution is 0.797. The highest BCUT2D eigenvalue weighted by Gasteiger charge is 2.18. The number of rotatable bonds is 2. The summed E-state index contributed by atoms with van der Waals surface area (Å²) in [6.07, 6.45) is 2.97. The Morgan fingerprint density at radius 1 is 1.11 bits per heavy atom. The Morgan fingerprint density at radius 2 is 1.95 bits per heavy atom. The van der Waals surface area contributed by atoms with E-state index in [1.54, 1.807) is 0 Å². The molecule has 2 aromatic rings. The van der Waals surface area contributed by atoms with Crippen LogP contribution in [-0.2, 0) is 0 Å².